The van der Waals surface area contributed by atoms with E-state index in [2.05, 4.69) is 26.9 Å². The number of hydrogen-bond donors (Lipinski definition) is 3. The molecular weight excluding hydrogens is 392 g/mol. The summed E-state index contributed by atoms with van der Waals surface area (Å²) in [5.41, 5.74) is 3.31. The Morgan fingerprint density at radius 3 is 2.42 bits per heavy atom. The van der Waals surface area contributed by atoms with Crippen molar-refractivity contribution in [3.05, 3.63) is 59.7 Å². The van der Waals surface area contributed by atoms with Crippen LogP contribution in [0.25, 0.3) is 0 Å². The number of benzene rings is 2. The van der Waals surface area contributed by atoms with Crippen LogP contribution in [0.15, 0.2) is 48.5 Å². The molecule has 3 N–H and O–H groups in total. The van der Waals surface area contributed by atoms with Gasteiger partial charge in [-0.3, -0.25) is 14.4 Å². The summed E-state index contributed by atoms with van der Waals surface area (Å²) in [5, 5.41) is 8.51. The van der Waals surface area contributed by atoms with Gasteiger partial charge < -0.3 is 20.9 Å². The molecule has 2 aromatic carbocycles. The maximum Gasteiger partial charge on any atom is 0.251 e. The van der Waals surface area contributed by atoms with E-state index >= 15 is 0 Å². The molecule has 0 aliphatic carbocycles. The summed E-state index contributed by atoms with van der Waals surface area (Å²) >= 11 is 0. The van der Waals surface area contributed by atoms with Crippen LogP contribution < -0.4 is 20.9 Å². The van der Waals surface area contributed by atoms with Gasteiger partial charge in [-0.2, -0.15) is 0 Å². The Hall–Kier alpha value is -3.35. The molecule has 1 aliphatic rings. The molecule has 1 atom stereocenters. The lowest BCUT2D eigenvalue weighted by atomic mass is 10.1. The number of carbonyl (C=O) groups is 3. The lowest BCUT2D eigenvalue weighted by Gasteiger charge is -2.19. The normalized spacial score (nSPS) is 14.1. The second-order valence-corrected chi connectivity index (χ2v) is 7.98. The molecule has 1 heterocycles. The SMILES string of the molecule is CC(=O)NCc1ccc(C(=O)NC(C)CC(=O)Nc2cccc(N3CCCC3)c2)cc1. The summed E-state index contributed by atoms with van der Waals surface area (Å²) in [6, 6.07) is 14.6. The van der Waals surface area contributed by atoms with Crippen molar-refractivity contribution in [3.63, 3.8) is 0 Å². The lowest BCUT2D eigenvalue weighted by molar-refractivity contribution is -0.119. The first-order valence-corrected chi connectivity index (χ1v) is 10.7. The zero-order valence-electron chi connectivity index (χ0n) is 18.1. The number of carbonyl (C=O) groups excluding carboxylic acids is 3. The monoisotopic (exact) mass is 422 g/mol. The van der Waals surface area contributed by atoms with Crippen LogP contribution in [0.1, 0.15) is 49.0 Å². The minimum atomic E-state index is -0.312. The number of amides is 3. The van der Waals surface area contributed by atoms with Crippen LogP contribution in [0.5, 0.6) is 0 Å². The van der Waals surface area contributed by atoms with Crippen LogP contribution in [0.2, 0.25) is 0 Å². The number of nitrogens with zero attached hydrogens (tertiary/aromatic N) is 1. The molecule has 164 valence electrons. The number of hydrogen-bond acceptors (Lipinski definition) is 4. The van der Waals surface area contributed by atoms with E-state index in [9.17, 15) is 14.4 Å². The molecule has 0 bridgehead atoms. The maximum absolute atomic E-state index is 12.4. The topological polar surface area (TPSA) is 90.5 Å². The standard InChI is InChI=1S/C24H30N4O3/c1-17(26-24(31)20-10-8-19(9-11-20)16-25-18(2)29)14-23(30)27-21-6-5-7-22(15-21)28-12-3-4-13-28/h5-11,15,17H,3-4,12-14,16H2,1-2H3,(H,25,29)(H,26,31)(H,27,30). The van der Waals surface area contributed by atoms with Crippen molar-refractivity contribution in [2.24, 2.45) is 0 Å². The van der Waals surface area contributed by atoms with Crippen LogP contribution in [0.3, 0.4) is 0 Å². The Morgan fingerprint density at radius 1 is 1.03 bits per heavy atom. The Morgan fingerprint density at radius 2 is 1.74 bits per heavy atom. The molecule has 7 nitrogen and oxygen atoms in total. The van der Waals surface area contributed by atoms with Gasteiger partial charge in [-0.25, -0.2) is 0 Å². The Balaban J connectivity index is 1.48. The highest BCUT2D eigenvalue weighted by Gasteiger charge is 2.15. The fourth-order valence-electron chi connectivity index (χ4n) is 3.60. The molecular formula is C24H30N4O3. The molecule has 1 unspecified atom stereocenters. The van der Waals surface area contributed by atoms with E-state index in [0.29, 0.717) is 12.1 Å². The molecule has 1 aliphatic heterocycles. The second-order valence-electron chi connectivity index (χ2n) is 7.98. The molecule has 3 rings (SSSR count). The van der Waals surface area contributed by atoms with E-state index in [1.54, 1.807) is 24.3 Å². The van der Waals surface area contributed by atoms with Gasteiger partial charge in [0.1, 0.15) is 0 Å². The van der Waals surface area contributed by atoms with Gasteiger partial charge in [0.25, 0.3) is 5.91 Å². The molecule has 0 aromatic heterocycles. The van der Waals surface area contributed by atoms with Gasteiger partial charge in [-0.05, 0) is 55.7 Å². The van der Waals surface area contributed by atoms with Crippen LogP contribution >= 0.6 is 0 Å². The zero-order chi connectivity index (χ0) is 22.2. The van der Waals surface area contributed by atoms with Crippen molar-refractivity contribution in [2.45, 2.75) is 45.7 Å². The van der Waals surface area contributed by atoms with E-state index in [1.807, 2.05) is 25.1 Å². The van der Waals surface area contributed by atoms with E-state index in [4.69, 9.17) is 0 Å². The summed E-state index contributed by atoms with van der Waals surface area (Å²) in [5.74, 6) is -0.476. The third kappa shape index (κ3) is 6.84. The molecule has 3 amide bonds. The highest BCUT2D eigenvalue weighted by Crippen LogP contribution is 2.23. The molecule has 0 saturated carbocycles. The highest BCUT2D eigenvalue weighted by atomic mass is 16.2. The van der Waals surface area contributed by atoms with Gasteiger partial charge in [-0.15, -0.1) is 0 Å². The van der Waals surface area contributed by atoms with Crippen molar-refractivity contribution in [1.82, 2.24) is 10.6 Å². The van der Waals surface area contributed by atoms with Gasteiger partial charge in [0.05, 0.1) is 0 Å². The summed E-state index contributed by atoms with van der Waals surface area (Å²) in [6.07, 6.45) is 2.58. The fraction of sp³-hybridized carbons (Fsp3) is 0.375. The Kier molecular flexibility index (Phi) is 7.65. The minimum Gasteiger partial charge on any atom is -0.371 e. The van der Waals surface area contributed by atoms with Gasteiger partial charge >= 0.3 is 0 Å². The molecule has 0 spiro atoms. The summed E-state index contributed by atoms with van der Waals surface area (Å²) < 4.78 is 0. The minimum absolute atomic E-state index is 0.100. The van der Waals surface area contributed by atoms with Crippen molar-refractivity contribution < 1.29 is 14.4 Å². The summed E-state index contributed by atoms with van der Waals surface area (Å²) in [7, 11) is 0. The molecule has 31 heavy (non-hydrogen) atoms. The molecule has 1 saturated heterocycles. The Labute approximate surface area is 183 Å². The van der Waals surface area contributed by atoms with E-state index in [1.165, 1.54) is 19.8 Å². The van der Waals surface area contributed by atoms with Gasteiger partial charge in [0.15, 0.2) is 0 Å². The van der Waals surface area contributed by atoms with Crippen molar-refractivity contribution in [2.75, 3.05) is 23.3 Å². The predicted molar refractivity (Wildman–Crippen MR) is 122 cm³/mol. The van der Waals surface area contributed by atoms with Gasteiger partial charge in [-0.1, -0.05) is 18.2 Å². The third-order valence-corrected chi connectivity index (χ3v) is 5.23. The molecule has 0 radical (unpaired) electrons. The predicted octanol–water partition coefficient (Wildman–Crippen LogP) is 3.07. The van der Waals surface area contributed by atoms with Crippen LogP contribution in [0.4, 0.5) is 11.4 Å². The summed E-state index contributed by atoms with van der Waals surface area (Å²) in [6.45, 7) is 5.79. The fourth-order valence-corrected chi connectivity index (χ4v) is 3.60. The van der Waals surface area contributed by atoms with Crippen molar-refractivity contribution >= 4 is 29.1 Å². The van der Waals surface area contributed by atoms with E-state index in [0.717, 1.165) is 30.0 Å². The zero-order valence-corrected chi connectivity index (χ0v) is 18.1. The smallest absolute Gasteiger partial charge is 0.251 e. The largest absolute Gasteiger partial charge is 0.371 e. The average molecular weight is 423 g/mol. The number of rotatable bonds is 8. The average Bonchev–Trinajstić information content (AvgIpc) is 3.27. The Bertz CT molecular complexity index is 921. The second kappa shape index (κ2) is 10.6. The van der Waals surface area contributed by atoms with Crippen molar-refractivity contribution in [3.8, 4) is 0 Å². The molecule has 7 heteroatoms. The van der Waals surface area contributed by atoms with E-state index in [-0.39, 0.29) is 30.2 Å². The first kappa shape index (κ1) is 22.3. The first-order valence-electron chi connectivity index (χ1n) is 10.7. The van der Waals surface area contributed by atoms with Crippen LogP contribution in [0, 0.1) is 0 Å². The third-order valence-electron chi connectivity index (χ3n) is 5.23. The lowest BCUT2D eigenvalue weighted by Crippen LogP contribution is -2.35. The number of nitrogens with one attached hydrogen (secondary N) is 3. The summed E-state index contributed by atoms with van der Waals surface area (Å²) in [4.78, 5) is 38.2. The molecule has 1 fully saturated rings. The maximum atomic E-state index is 12.4. The van der Waals surface area contributed by atoms with Crippen LogP contribution in [-0.4, -0.2) is 36.9 Å². The molecule has 2 aromatic rings. The van der Waals surface area contributed by atoms with Crippen molar-refractivity contribution in [1.29, 1.82) is 0 Å². The van der Waals surface area contributed by atoms with Crippen LogP contribution in [-0.2, 0) is 16.1 Å². The highest BCUT2D eigenvalue weighted by molar-refractivity contribution is 5.95. The number of anilines is 2. The van der Waals surface area contributed by atoms with Gasteiger partial charge in [0.2, 0.25) is 11.8 Å². The van der Waals surface area contributed by atoms with Gasteiger partial charge in [0, 0.05) is 56.0 Å². The quantitative estimate of drug-likeness (QED) is 0.610. The van der Waals surface area contributed by atoms with E-state index < -0.39 is 0 Å². The first-order chi connectivity index (χ1) is 14.9.